The number of unbranched alkanes of at least 4 members (excludes halogenated alkanes) is 8. The first-order valence-electron chi connectivity index (χ1n) is 16.8. The molecule has 0 atom stereocenters. The molecule has 4 rings (SSSR count). The maximum atomic E-state index is 12.7. The molecule has 2 heterocycles. The van der Waals surface area contributed by atoms with Gasteiger partial charge in [-0.25, -0.2) is 0 Å². The molecule has 0 radical (unpaired) electrons. The summed E-state index contributed by atoms with van der Waals surface area (Å²) in [4.78, 5) is 30.2. The van der Waals surface area contributed by atoms with E-state index in [0.29, 0.717) is 6.42 Å². The van der Waals surface area contributed by atoms with Crippen LogP contribution in [0.2, 0.25) is 0 Å². The smallest absolute Gasteiger partial charge is 0.201 e. The molecule has 2 aromatic rings. The molecule has 2 saturated heterocycles. The van der Waals surface area contributed by atoms with Crippen LogP contribution in [-0.4, -0.2) is 47.5 Å². The first-order valence-corrected chi connectivity index (χ1v) is 16.8. The summed E-state index contributed by atoms with van der Waals surface area (Å²) in [5.41, 5.74) is 2.76. The van der Waals surface area contributed by atoms with E-state index in [2.05, 4.69) is 64.4 Å². The van der Waals surface area contributed by atoms with E-state index in [1.807, 2.05) is 6.07 Å². The summed E-state index contributed by atoms with van der Waals surface area (Å²) in [5.74, 6) is 0.668. The van der Waals surface area contributed by atoms with Gasteiger partial charge in [-0.2, -0.15) is 0 Å². The summed E-state index contributed by atoms with van der Waals surface area (Å²) in [6.45, 7) is 6.38. The fourth-order valence-corrected chi connectivity index (χ4v) is 6.78. The Hall–Kier alpha value is -2.30. The number of likely N-dealkylation sites (tertiary alicyclic amines) is 2. The number of Topliss-reactive ketones (excluding diaryl/α,β-unsaturated/α-hetero) is 2. The molecule has 0 unspecified atom stereocenters. The monoisotopic (exact) mass is 558 g/mol. The lowest BCUT2D eigenvalue weighted by Crippen LogP contribution is -2.37. The highest BCUT2D eigenvalue weighted by Crippen LogP contribution is 2.25. The van der Waals surface area contributed by atoms with Crippen molar-refractivity contribution < 1.29 is 9.59 Å². The number of carbonyl (C=O) groups is 2. The molecular weight excluding hydrogens is 504 g/mol. The number of nitrogens with zero attached hydrogens (tertiary/aromatic N) is 2. The average molecular weight is 559 g/mol. The topological polar surface area (TPSA) is 40.6 Å². The van der Waals surface area contributed by atoms with E-state index in [9.17, 15) is 9.59 Å². The van der Waals surface area contributed by atoms with E-state index >= 15 is 0 Å². The zero-order chi connectivity index (χ0) is 28.5. The highest BCUT2D eigenvalue weighted by Gasteiger charge is 2.28. The van der Waals surface area contributed by atoms with Crippen molar-refractivity contribution in [3.63, 3.8) is 0 Å². The predicted octanol–water partition coefficient (Wildman–Crippen LogP) is 8.24. The van der Waals surface area contributed by atoms with Gasteiger partial charge in [0.15, 0.2) is 5.78 Å². The standard InChI is InChI=1S/C37H54N2O2/c40-36(37(41)35-24-28-39(29-25-35)31-34-19-13-9-14-20-34)21-15-7-5-3-1-2-4-6-10-16-32-22-26-38(27-23-32)30-33-17-11-8-12-18-33/h8-9,11-14,17-20,32,35H,1-7,10,15-16,21-31H2. The van der Waals surface area contributed by atoms with Gasteiger partial charge in [0, 0.05) is 25.4 Å². The molecule has 4 nitrogen and oxygen atoms in total. The molecular formula is C37H54N2O2. The molecule has 41 heavy (non-hydrogen) atoms. The molecule has 0 spiro atoms. The first-order chi connectivity index (χ1) is 20.2. The fourth-order valence-electron chi connectivity index (χ4n) is 6.78. The highest BCUT2D eigenvalue weighted by atomic mass is 16.2. The Balaban J connectivity index is 0.924. The summed E-state index contributed by atoms with van der Waals surface area (Å²) < 4.78 is 0. The normalized spacial score (nSPS) is 17.6. The summed E-state index contributed by atoms with van der Waals surface area (Å²) in [6, 6.07) is 21.4. The van der Waals surface area contributed by atoms with E-state index in [4.69, 9.17) is 0 Å². The number of rotatable bonds is 18. The minimum Gasteiger partial charge on any atom is -0.299 e. The third-order valence-electron chi connectivity index (χ3n) is 9.45. The van der Waals surface area contributed by atoms with Crippen LogP contribution in [-0.2, 0) is 22.7 Å². The van der Waals surface area contributed by atoms with Crippen molar-refractivity contribution in [2.24, 2.45) is 11.8 Å². The second kappa shape index (κ2) is 18.3. The van der Waals surface area contributed by atoms with Gasteiger partial charge in [-0.15, -0.1) is 0 Å². The fraction of sp³-hybridized carbons (Fsp3) is 0.622. The first kappa shape index (κ1) is 31.6. The SMILES string of the molecule is O=C(CCCCCCCCCCCC1CCN(Cc2ccccc2)CC1)C(=O)C1CCN(Cc2ccccc2)CC1. The van der Waals surface area contributed by atoms with Gasteiger partial charge < -0.3 is 0 Å². The third-order valence-corrected chi connectivity index (χ3v) is 9.45. The quantitative estimate of drug-likeness (QED) is 0.136. The lowest BCUT2D eigenvalue weighted by Gasteiger charge is -2.32. The molecule has 0 N–H and O–H groups in total. The molecule has 0 aliphatic carbocycles. The van der Waals surface area contributed by atoms with Gasteiger partial charge in [-0.05, 0) is 75.3 Å². The molecule has 4 heteroatoms. The van der Waals surface area contributed by atoms with Gasteiger partial charge >= 0.3 is 0 Å². The van der Waals surface area contributed by atoms with Crippen molar-refractivity contribution in [3.05, 3.63) is 71.8 Å². The molecule has 2 aromatic carbocycles. The number of benzene rings is 2. The van der Waals surface area contributed by atoms with E-state index < -0.39 is 0 Å². The Bertz CT molecular complexity index is 992. The molecule has 224 valence electrons. The summed E-state index contributed by atoms with van der Waals surface area (Å²) in [5, 5.41) is 0. The molecule has 2 aliphatic rings. The predicted molar refractivity (Wildman–Crippen MR) is 170 cm³/mol. The van der Waals surface area contributed by atoms with Gasteiger partial charge in [0.05, 0.1) is 0 Å². The minimum atomic E-state index is -0.117. The third kappa shape index (κ3) is 11.8. The zero-order valence-corrected chi connectivity index (χ0v) is 25.5. The van der Waals surface area contributed by atoms with Crippen LogP contribution >= 0.6 is 0 Å². The van der Waals surface area contributed by atoms with Gasteiger partial charge in [0.1, 0.15) is 0 Å². The Morgan fingerprint density at radius 1 is 0.561 bits per heavy atom. The number of carbonyl (C=O) groups excluding carboxylic acids is 2. The van der Waals surface area contributed by atoms with Gasteiger partial charge in [0.2, 0.25) is 5.78 Å². The van der Waals surface area contributed by atoms with Crippen LogP contribution in [0.15, 0.2) is 60.7 Å². The maximum Gasteiger partial charge on any atom is 0.201 e. The zero-order valence-electron chi connectivity index (χ0n) is 25.5. The Morgan fingerprint density at radius 3 is 1.51 bits per heavy atom. The number of hydrogen-bond donors (Lipinski definition) is 0. The lowest BCUT2D eigenvalue weighted by molar-refractivity contribution is -0.140. The number of piperidine rings is 2. The summed E-state index contributed by atoms with van der Waals surface area (Å²) in [7, 11) is 0. The van der Waals surface area contributed by atoms with Gasteiger partial charge in [0.25, 0.3) is 0 Å². The van der Waals surface area contributed by atoms with Crippen molar-refractivity contribution in [1.82, 2.24) is 9.80 Å². The average Bonchev–Trinajstić information content (AvgIpc) is 3.01. The van der Waals surface area contributed by atoms with E-state index in [0.717, 1.165) is 57.8 Å². The maximum absolute atomic E-state index is 12.7. The van der Waals surface area contributed by atoms with E-state index in [-0.39, 0.29) is 17.5 Å². The second-order valence-electron chi connectivity index (χ2n) is 12.7. The van der Waals surface area contributed by atoms with Crippen LogP contribution in [0, 0.1) is 11.8 Å². The number of ketones is 2. The van der Waals surface area contributed by atoms with Crippen molar-refractivity contribution in [2.45, 2.75) is 109 Å². The largest absolute Gasteiger partial charge is 0.299 e. The Morgan fingerprint density at radius 2 is 1.00 bits per heavy atom. The molecule has 0 amide bonds. The van der Waals surface area contributed by atoms with Crippen LogP contribution in [0.5, 0.6) is 0 Å². The second-order valence-corrected chi connectivity index (χ2v) is 12.7. The Labute approximate surface area is 249 Å². The van der Waals surface area contributed by atoms with Crippen molar-refractivity contribution in [2.75, 3.05) is 26.2 Å². The summed E-state index contributed by atoms with van der Waals surface area (Å²) in [6.07, 6.45) is 17.5. The van der Waals surface area contributed by atoms with Gasteiger partial charge in [-0.3, -0.25) is 19.4 Å². The highest BCUT2D eigenvalue weighted by molar-refractivity contribution is 6.37. The van der Waals surface area contributed by atoms with Crippen molar-refractivity contribution in [1.29, 1.82) is 0 Å². The van der Waals surface area contributed by atoms with Crippen molar-refractivity contribution >= 4 is 11.6 Å². The van der Waals surface area contributed by atoms with Crippen LogP contribution in [0.4, 0.5) is 0 Å². The van der Waals surface area contributed by atoms with Crippen LogP contribution < -0.4 is 0 Å². The van der Waals surface area contributed by atoms with E-state index in [1.165, 1.54) is 88.4 Å². The molecule has 0 saturated carbocycles. The molecule has 2 fully saturated rings. The van der Waals surface area contributed by atoms with Crippen LogP contribution in [0.1, 0.15) is 107 Å². The van der Waals surface area contributed by atoms with E-state index in [1.54, 1.807) is 0 Å². The molecule has 2 aliphatic heterocycles. The minimum absolute atomic E-state index is 0.0537. The molecule has 0 aromatic heterocycles. The Kier molecular flexibility index (Phi) is 14.1. The van der Waals surface area contributed by atoms with Crippen LogP contribution in [0.3, 0.4) is 0 Å². The lowest BCUT2D eigenvalue weighted by atomic mass is 9.89. The van der Waals surface area contributed by atoms with Gasteiger partial charge in [-0.1, -0.05) is 118 Å². The number of hydrogen-bond acceptors (Lipinski definition) is 4. The molecule has 0 bridgehead atoms. The summed E-state index contributed by atoms with van der Waals surface area (Å²) >= 11 is 0. The van der Waals surface area contributed by atoms with Crippen LogP contribution in [0.25, 0.3) is 0 Å². The van der Waals surface area contributed by atoms with Crippen molar-refractivity contribution in [3.8, 4) is 0 Å².